The molecule has 1 saturated carbocycles. The second-order valence-corrected chi connectivity index (χ2v) is 6.58. The molecule has 2 fully saturated rings. The fraction of sp³-hybridized carbons (Fsp3) is 0.875. The Morgan fingerprint density at radius 1 is 1.20 bits per heavy atom. The highest BCUT2D eigenvalue weighted by molar-refractivity contribution is 5.85. The molecule has 1 aliphatic heterocycles. The normalized spacial score (nSPS) is 22.9. The summed E-state index contributed by atoms with van der Waals surface area (Å²) in [6.07, 6.45) is 8.05. The summed E-state index contributed by atoms with van der Waals surface area (Å²) in [5, 5.41) is 9.45. The van der Waals surface area contributed by atoms with Crippen LogP contribution < -0.4 is 0 Å². The van der Waals surface area contributed by atoms with E-state index in [0.29, 0.717) is 12.8 Å². The lowest BCUT2D eigenvalue weighted by atomic mass is 9.82. The van der Waals surface area contributed by atoms with Gasteiger partial charge in [0.15, 0.2) is 0 Å². The Hall–Kier alpha value is -1.06. The zero-order valence-electron chi connectivity index (χ0n) is 12.6. The first-order valence-corrected chi connectivity index (χ1v) is 8.08. The van der Waals surface area contributed by atoms with E-state index in [2.05, 4.69) is 6.92 Å². The van der Waals surface area contributed by atoms with Crippen molar-refractivity contribution >= 4 is 11.9 Å². The molecule has 2 aliphatic rings. The first kappa shape index (κ1) is 15.3. The predicted octanol–water partition coefficient (Wildman–Crippen LogP) is 3.06. The van der Waals surface area contributed by atoms with Gasteiger partial charge in [-0.3, -0.25) is 9.59 Å². The Morgan fingerprint density at radius 3 is 2.30 bits per heavy atom. The van der Waals surface area contributed by atoms with E-state index < -0.39 is 11.4 Å². The maximum atomic E-state index is 12.4. The lowest BCUT2D eigenvalue weighted by Crippen LogP contribution is -2.42. The van der Waals surface area contributed by atoms with Crippen LogP contribution in [0.4, 0.5) is 0 Å². The first-order valence-electron chi connectivity index (χ1n) is 8.08. The summed E-state index contributed by atoms with van der Waals surface area (Å²) >= 11 is 0. The van der Waals surface area contributed by atoms with Crippen LogP contribution in [-0.4, -0.2) is 35.0 Å². The Kier molecular flexibility index (Phi) is 5.06. The molecular formula is C16H27NO3. The van der Waals surface area contributed by atoms with Gasteiger partial charge in [0.05, 0.1) is 5.41 Å². The molecule has 0 spiro atoms. The van der Waals surface area contributed by atoms with Gasteiger partial charge < -0.3 is 10.0 Å². The fourth-order valence-electron chi connectivity index (χ4n) is 3.80. The third-order valence-electron chi connectivity index (χ3n) is 5.17. The van der Waals surface area contributed by atoms with Crippen LogP contribution in [-0.2, 0) is 9.59 Å². The lowest BCUT2D eigenvalue weighted by molar-refractivity contribution is -0.153. The van der Waals surface area contributed by atoms with E-state index in [-0.39, 0.29) is 12.3 Å². The number of carbonyl (C=O) groups is 2. The zero-order valence-corrected chi connectivity index (χ0v) is 12.6. The molecule has 1 saturated heterocycles. The Labute approximate surface area is 121 Å². The molecular weight excluding hydrogens is 254 g/mol. The van der Waals surface area contributed by atoms with Gasteiger partial charge in [0.25, 0.3) is 0 Å². The second-order valence-electron chi connectivity index (χ2n) is 6.58. The molecule has 4 nitrogen and oxygen atoms in total. The molecule has 0 aromatic carbocycles. The van der Waals surface area contributed by atoms with Gasteiger partial charge in [-0.25, -0.2) is 0 Å². The van der Waals surface area contributed by atoms with Crippen LogP contribution >= 0.6 is 0 Å². The number of carboxylic acids is 1. The smallest absolute Gasteiger partial charge is 0.310 e. The number of nitrogens with zero attached hydrogens (tertiary/aromatic N) is 1. The van der Waals surface area contributed by atoms with Gasteiger partial charge in [-0.1, -0.05) is 32.6 Å². The van der Waals surface area contributed by atoms with Crippen LogP contribution in [0.5, 0.6) is 0 Å². The van der Waals surface area contributed by atoms with Crippen molar-refractivity contribution in [3.8, 4) is 0 Å². The van der Waals surface area contributed by atoms with Crippen molar-refractivity contribution in [2.45, 2.75) is 64.7 Å². The number of carbonyl (C=O) groups excluding carboxylic acids is 1. The van der Waals surface area contributed by atoms with E-state index in [9.17, 15) is 14.7 Å². The highest BCUT2D eigenvalue weighted by Gasteiger charge is 2.44. The second kappa shape index (κ2) is 6.59. The Balaban J connectivity index is 1.87. The SMILES string of the molecule is CCCC1CCN(C(=O)CC2(C(=O)O)CCCC2)CC1. The molecule has 0 aromatic rings. The topological polar surface area (TPSA) is 57.6 Å². The fourth-order valence-corrected chi connectivity index (χ4v) is 3.80. The molecule has 0 unspecified atom stereocenters. The minimum Gasteiger partial charge on any atom is -0.481 e. The Morgan fingerprint density at radius 2 is 1.80 bits per heavy atom. The average molecular weight is 281 g/mol. The van der Waals surface area contributed by atoms with Crippen molar-refractivity contribution in [3.63, 3.8) is 0 Å². The number of aliphatic carboxylic acids is 1. The van der Waals surface area contributed by atoms with Gasteiger partial charge in [-0.2, -0.15) is 0 Å². The summed E-state index contributed by atoms with van der Waals surface area (Å²) in [7, 11) is 0. The maximum Gasteiger partial charge on any atom is 0.310 e. The standard InChI is InChI=1S/C16H27NO3/c1-2-5-13-6-10-17(11-7-13)14(18)12-16(15(19)20)8-3-4-9-16/h13H,2-12H2,1H3,(H,19,20). The number of amides is 1. The van der Waals surface area contributed by atoms with E-state index in [1.807, 2.05) is 4.90 Å². The molecule has 1 amide bonds. The maximum absolute atomic E-state index is 12.4. The van der Waals surface area contributed by atoms with Crippen molar-refractivity contribution in [1.29, 1.82) is 0 Å². The van der Waals surface area contributed by atoms with Gasteiger partial charge in [-0.15, -0.1) is 0 Å². The van der Waals surface area contributed by atoms with E-state index in [4.69, 9.17) is 0 Å². The lowest BCUT2D eigenvalue weighted by Gasteiger charge is -2.34. The average Bonchev–Trinajstić information content (AvgIpc) is 2.90. The molecule has 1 aliphatic carbocycles. The van der Waals surface area contributed by atoms with Crippen molar-refractivity contribution in [1.82, 2.24) is 4.90 Å². The van der Waals surface area contributed by atoms with Crippen LogP contribution in [0.25, 0.3) is 0 Å². The minimum atomic E-state index is -0.774. The van der Waals surface area contributed by atoms with Crippen LogP contribution in [0, 0.1) is 11.3 Å². The molecule has 0 bridgehead atoms. The summed E-state index contributed by atoms with van der Waals surface area (Å²) in [5.41, 5.74) is -0.767. The highest BCUT2D eigenvalue weighted by atomic mass is 16.4. The summed E-state index contributed by atoms with van der Waals surface area (Å²) in [6.45, 7) is 3.84. The minimum absolute atomic E-state index is 0.0595. The molecule has 0 atom stereocenters. The molecule has 0 aromatic heterocycles. The summed E-state index contributed by atoms with van der Waals surface area (Å²) in [5.74, 6) is 0.0393. The van der Waals surface area contributed by atoms with Gasteiger partial charge >= 0.3 is 5.97 Å². The van der Waals surface area contributed by atoms with Crippen molar-refractivity contribution in [2.75, 3.05) is 13.1 Å². The number of hydrogen-bond donors (Lipinski definition) is 1. The first-order chi connectivity index (χ1) is 9.57. The monoisotopic (exact) mass is 281 g/mol. The third kappa shape index (κ3) is 3.33. The van der Waals surface area contributed by atoms with E-state index >= 15 is 0 Å². The molecule has 0 radical (unpaired) electrons. The van der Waals surface area contributed by atoms with Gasteiger partial charge in [0.2, 0.25) is 5.91 Å². The number of likely N-dealkylation sites (tertiary alicyclic amines) is 1. The molecule has 20 heavy (non-hydrogen) atoms. The Bertz CT molecular complexity index is 353. The van der Waals surface area contributed by atoms with Gasteiger partial charge in [0, 0.05) is 19.5 Å². The molecule has 1 heterocycles. The summed E-state index contributed by atoms with van der Waals surface area (Å²) in [6, 6.07) is 0. The van der Waals surface area contributed by atoms with E-state index in [0.717, 1.165) is 44.7 Å². The third-order valence-corrected chi connectivity index (χ3v) is 5.17. The largest absolute Gasteiger partial charge is 0.481 e. The number of rotatable bonds is 5. The van der Waals surface area contributed by atoms with Crippen LogP contribution in [0.2, 0.25) is 0 Å². The van der Waals surface area contributed by atoms with Crippen LogP contribution in [0.15, 0.2) is 0 Å². The van der Waals surface area contributed by atoms with Crippen molar-refractivity contribution in [3.05, 3.63) is 0 Å². The van der Waals surface area contributed by atoms with Crippen molar-refractivity contribution < 1.29 is 14.7 Å². The molecule has 114 valence electrons. The summed E-state index contributed by atoms with van der Waals surface area (Å²) in [4.78, 5) is 25.8. The van der Waals surface area contributed by atoms with Crippen LogP contribution in [0.1, 0.15) is 64.7 Å². The molecule has 4 heteroatoms. The number of hydrogen-bond acceptors (Lipinski definition) is 2. The van der Waals surface area contributed by atoms with Gasteiger partial charge in [0.1, 0.15) is 0 Å². The van der Waals surface area contributed by atoms with E-state index in [1.54, 1.807) is 0 Å². The number of piperidine rings is 1. The summed E-state index contributed by atoms with van der Waals surface area (Å²) < 4.78 is 0. The molecule has 2 rings (SSSR count). The van der Waals surface area contributed by atoms with Gasteiger partial charge in [-0.05, 0) is 31.6 Å². The quantitative estimate of drug-likeness (QED) is 0.842. The number of carboxylic acid groups (broad SMARTS) is 1. The molecule has 1 N–H and O–H groups in total. The van der Waals surface area contributed by atoms with Crippen molar-refractivity contribution in [2.24, 2.45) is 11.3 Å². The van der Waals surface area contributed by atoms with Crippen LogP contribution in [0.3, 0.4) is 0 Å². The predicted molar refractivity (Wildman–Crippen MR) is 77.4 cm³/mol. The van der Waals surface area contributed by atoms with E-state index in [1.165, 1.54) is 12.8 Å². The highest BCUT2D eigenvalue weighted by Crippen LogP contribution is 2.42. The zero-order chi connectivity index (χ0) is 14.6.